The summed E-state index contributed by atoms with van der Waals surface area (Å²) in [5.41, 5.74) is 1.39. The number of esters is 1. The van der Waals surface area contributed by atoms with Gasteiger partial charge in [0, 0.05) is 17.7 Å². The molecule has 1 aromatic heterocycles. The molecule has 2 atom stereocenters. The van der Waals surface area contributed by atoms with Crippen LogP contribution in [0.25, 0.3) is 34.2 Å². The van der Waals surface area contributed by atoms with E-state index in [0.29, 0.717) is 22.6 Å². The van der Waals surface area contributed by atoms with Gasteiger partial charge < -0.3 is 44.1 Å². The number of rotatable bonds is 17. The predicted molar refractivity (Wildman–Crippen MR) is 181 cm³/mol. The summed E-state index contributed by atoms with van der Waals surface area (Å²) >= 11 is 0. The van der Waals surface area contributed by atoms with E-state index in [9.17, 15) is 25.2 Å². The lowest BCUT2D eigenvalue weighted by Crippen LogP contribution is -2.25. The third kappa shape index (κ3) is 10.8. The van der Waals surface area contributed by atoms with Crippen LogP contribution in [0, 0.1) is 0 Å². The van der Waals surface area contributed by atoms with E-state index in [1.54, 1.807) is 55.5 Å². The minimum Gasteiger partial charge on any atom is -0.507 e. The van der Waals surface area contributed by atoms with Crippen molar-refractivity contribution in [1.29, 1.82) is 0 Å². The molecule has 0 spiro atoms. The van der Waals surface area contributed by atoms with Crippen molar-refractivity contribution in [1.82, 2.24) is 15.0 Å². The molecular formula is C36H43N3O10. The summed E-state index contributed by atoms with van der Waals surface area (Å²) in [5, 5.41) is 42.3. The van der Waals surface area contributed by atoms with Crippen LogP contribution in [0.4, 0.5) is 0 Å². The highest BCUT2D eigenvalue weighted by molar-refractivity contribution is 5.90. The van der Waals surface area contributed by atoms with Crippen molar-refractivity contribution >= 4 is 5.97 Å². The number of aromatic nitrogens is 3. The van der Waals surface area contributed by atoms with Crippen molar-refractivity contribution in [3.8, 4) is 57.2 Å². The van der Waals surface area contributed by atoms with E-state index < -0.39 is 18.2 Å². The number of phenolic OH excluding ortho intramolecular Hbond substituents is 2. The summed E-state index contributed by atoms with van der Waals surface area (Å²) in [6, 6.07) is 15.6. The van der Waals surface area contributed by atoms with Gasteiger partial charge in [-0.3, -0.25) is 0 Å². The van der Waals surface area contributed by atoms with Gasteiger partial charge in [-0.2, -0.15) is 0 Å². The molecule has 0 saturated heterocycles. The number of carbonyl (C=O) groups is 1. The molecule has 4 rings (SSSR count). The molecule has 0 fully saturated rings. The van der Waals surface area contributed by atoms with Crippen LogP contribution in [-0.2, 0) is 14.2 Å². The molecule has 1 heterocycles. The van der Waals surface area contributed by atoms with Gasteiger partial charge in [-0.05, 0) is 71.0 Å². The third-order valence-corrected chi connectivity index (χ3v) is 6.84. The second-order valence-corrected chi connectivity index (χ2v) is 11.7. The molecule has 262 valence electrons. The lowest BCUT2D eigenvalue weighted by molar-refractivity contribution is -0.0123. The number of ether oxygens (including phenoxy) is 5. The molecule has 13 nitrogen and oxygen atoms in total. The summed E-state index contributed by atoms with van der Waals surface area (Å²) in [6.07, 6.45) is -1.79. The zero-order valence-corrected chi connectivity index (χ0v) is 28.2. The van der Waals surface area contributed by atoms with E-state index in [2.05, 4.69) is 15.0 Å². The van der Waals surface area contributed by atoms with Crippen molar-refractivity contribution in [2.24, 2.45) is 0 Å². The highest BCUT2D eigenvalue weighted by Gasteiger charge is 2.19. The first-order valence-corrected chi connectivity index (χ1v) is 16.0. The first kappa shape index (κ1) is 37.0. The Balaban J connectivity index is 1.65. The lowest BCUT2D eigenvalue weighted by atomic mass is 10.1. The molecule has 0 amide bonds. The first-order valence-electron chi connectivity index (χ1n) is 16.0. The van der Waals surface area contributed by atoms with Crippen LogP contribution in [-0.4, -0.2) is 98.8 Å². The van der Waals surface area contributed by atoms with E-state index >= 15 is 0 Å². The SMILES string of the molecule is CCOC(=O)c1ccc(-c2nc(-c3ccc(OCC(O)COC(C)C)cc3O)nc(-c3ccc(OCC(O)COC(C)C)cc3O)n2)cc1. The molecule has 0 aliphatic carbocycles. The van der Waals surface area contributed by atoms with Crippen LogP contribution in [0.3, 0.4) is 0 Å². The molecule has 0 aliphatic rings. The third-order valence-electron chi connectivity index (χ3n) is 6.84. The van der Waals surface area contributed by atoms with Crippen LogP contribution in [0.5, 0.6) is 23.0 Å². The average Bonchev–Trinajstić information content (AvgIpc) is 3.08. The molecule has 4 N–H and O–H groups in total. The molecule has 0 saturated carbocycles. The van der Waals surface area contributed by atoms with E-state index in [4.69, 9.17) is 23.7 Å². The van der Waals surface area contributed by atoms with Crippen molar-refractivity contribution in [3.05, 3.63) is 66.2 Å². The van der Waals surface area contributed by atoms with Gasteiger partial charge in [0.05, 0.1) is 48.7 Å². The van der Waals surface area contributed by atoms with Gasteiger partial charge in [0.25, 0.3) is 0 Å². The Morgan fingerprint density at radius 1 is 0.653 bits per heavy atom. The number of carbonyl (C=O) groups excluding carboxylic acids is 1. The highest BCUT2D eigenvalue weighted by atomic mass is 16.5. The minimum absolute atomic E-state index is 0.0363. The van der Waals surface area contributed by atoms with Crippen LogP contribution in [0.2, 0.25) is 0 Å². The molecule has 13 heteroatoms. The second-order valence-electron chi connectivity index (χ2n) is 11.7. The maximum absolute atomic E-state index is 12.2. The van der Waals surface area contributed by atoms with Crippen LogP contribution >= 0.6 is 0 Å². The highest BCUT2D eigenvalue weighted by Crippen LogP contribution is 2.35. The van der Waals surface area contributed by atoms with Gasteiger partial charge in [0.2, 0.25) is 0 Å². The molecule has 0 radical (unpaired) electrons. The quantitative estimate of drug-likeness (QED) is 0.112. The fraction of sp³-hybridized carbons (Fsp3) is 0.389. The minimum atomic E-state index is -0.860. The van der Waals surface area contributed by atoms with Crippen molar-refractivity contribution < 1.29 is 48.9 Å². The summed E-state index contributed by atoms with van der Waals surface area (Å²) < 4.78 is 27.2. The molecule has 0 bridgehead atoms. The van der Waals surface area contributed by atoms with E-state index in [0.717, 1.165) is 0 Å². The Morgan fingerprint density at radius 2 is 1.10 bits per heavy atom. The Morgan fingerprint density at radius 3 is 1.51 bits per heavy atom. The zero-order valence-electron chi connectivity index (χ0n) is 28.2. The standard InChI is InChI=1S/C36H43N3O10/c1-6-45-36(44)24-9-7-23(8-10-24)33-37-34(29-13-11-27(15-31(29)42)48-19-25(40)17-46-21(2)3)39-35(38-33)30-14-12-28(16-32(30)43)49-20-26(41)18-47-22(4)5/h7-16,21-22,25-26,40-43H,6,17-20H2,1-5H3. The summed E-state index contributed by atoms with van der Waals surface area (Å²) in [7, 11) is 0. The predicted octanol–water partition coefficient (Wildman–Crippen LogP) is 4.79. The van der Waals surface area contributed by atoms with E-state index in [-0.39, 0.29) is 85.3 Å². The van der Waals surface area contributed by atoms with Crippen molar-refractivity contribution in [2.45, 2.75) is 59.0 Å². The Bertz CT molecular complexity index is 1590. The van der Waals surface area contributed by atoms with Crippen LogP contribution in [0.15, 0.2) is 60.7 Å². The smallest absolute Gasteiger partial charge is 0.338 e. The number of aliphatic hydroxyl groups excluding tert-OH is 2. The van der Waals surface area contributed by atoms with Gasteiger partial charge >= 0.3 is 5.97 Å². The number of phenols is 2. The second kappa shape index (κ2) is 17.5. The van der Waals surface area contributed by atoms with Crippen molar-refractivity contribution in [2.75, 3.05) is 33.0 Å². The molecule has 0 aliphatic heterocycles. The molecule has 2 unspecified atom stereocenters. The molecule has 3 aromatic carbocycles. The van der Waals surface area contributed by atoms with E-state index in [1.807, 2.05) is 27.7 Å². The maximum Gasteiger partial charge on any atom is 0.338 e. The van der Waals surface area contributed by atoms with Crippen LogP contribution in [0.1, 0.15) is 45.0 Å². The number of nitrogens with zero attached hydrogens (tertiary/aromatic N) is 3. The van der Waals surface area contributed by atoms with Gasteiger partial charge in [-0.1, -0.05) is 12.1 Å². The number of hydrogen-bond acceptors (Lipinski definition) is 13. The molecular weight excluding hydrogens is 634 g/mol. The Labute approximate surface area is 285 Å². The van der Waals surface area contributed by atoms with Gasteiger partial charge in [0.1, 0.15) is 48.4 Å². The average molecular weight is 678 g/mol. The number of aliphatic hydroxyl groups is 2. The van der Waals surface area contributed by atoms with Gasteiger partial charge in [-0.25, -0.2) is 19.7 Å². The monoisotopic (exact) mass is 677 g/mol. The summed E-state index contributed by atoms with van der Waals surface area (Å²) in [4.78, 5) is 26.0. The number of aromatic hydroxyl groups is 2. The van der Waals surface area contributed by atoms with Crippen LogP contribution < -0.4 is 9.47 Å². The summed E-state index contributed by atoms with van der Waals surface area (Å²) in [6.45, 7) is 9.55. The van der Waals surface area contributed by atoms with E-state index in [1.165, 1.54) is 12.1 Å². The van der Waals surface area contributed by atoms with Gasteiger partial charge in [0.15, 0.2) is 17.5 Å². The van der Waals surface area contributed by atoms with Crippen molar-refractivity contribution in [3.63, 3.8) is 0 Å². The Kier molecular flexibility index (Phi) is 13.2. The normalized spacial score (nSPS) is 12.6. The Hall–Kier alpha value is -4.82. The summed E-state index contributed by atoms with van der Waals surface area (Å²) in [5.74, 6) is 0.153. The van der Waals surface area contributed by atoms with Gasteiger partial charge in [-0.15, -0.1) is 0 Å². The first-order chi connectivity index (χ1) is 23.4. The molecule has 49 heavy (non-hydrogen) atoms. The number of hydrogen-bond donors (Lipinski definition) is 4. The maximum atomic E-state index is 12.2. The topological polar surface area (TPSA) is 183 Å². The number of benzene rings is 3. The largest absolute Gasteiger partial charge is 0.507 e. The fourth-order valence-corrected chi connectivity index (χ4v) is 4.38. The zero-order chi connectivity index (χ0) is 35.5. The molecule has 4 aromatic rings. The fourth-order valence-electron chi connectivity index (χ4n) is 4.38. The lowest BCUT2D eigenvalue weighted by Gasteiger charge is -2.15.